The fraction of sp³-hybridized carbons (Fsp3) is 0.167. The minimum Gasteiger partial charge on any atom is -0.493 e. The molecule has 0 saturated heterocycles. The largest absolute Gasteiger partial charge is 0.493 e. The minimum atomic E-state index is -1.11. The van der Waals surface area contributed by atoms with Crippen molar-refractivity contribution in [3.05, 3.63) is 102 Å². The van der Waals surface area contributed by atoms with Crippen LogP contribution in [0.5, 0.6) is 5.75 Å². The third kappa shape index (κ3) is 5.53. The van der Waals surface area contributed by atoms with E-state index in [9.17, 15) is 9.59 Å². The van der Waals surface area contributed by atoms with Crippen LogP contribution in [0.25, 0.3) is 0 Å². The molecule has 148 valence electrons. The Labute approximate surface area is 169 Å². The fourth-order valence-electron chi connectivity index (χ4n) is 2.80. The topological polar surface area (TPSA) is 72.8 Å². The van der Waals surface area contributed by atoms with Gasteiger partial charge in [0.2, 0.25) is 5.78 Å². The number of Topliss-reactive ketones (excluding diaryl/α,β-unsaturated/α-hetero) is 1. The molecule has 1 atom stereocenters. The summed E-state index contributed by atoms with van der Waals surface area (Å²) in [5, 5.41) is 8.91. The van der Waals surface area contributed by atoms with Crippen LogP contribution in [0.2, 0.25) is 0 Å². The molecule has 0 fully saturated rings. The number of aliphatic hydroxyl groups is 1. The van der Waals surface area contributed by atoms with E-state index in [0.29, 0.717) is 35.5 Å². The van der Waals surface area contributed by atoms with Crippen molar-refractivity contribution in [2.45, 2.75) is 12.5 Å². The summed E-state index contributed by atoms with van der Waals surface area (Å²) in [5.41, 5.74) is 1.34. The highest BCUT2D eigenvalue weighted by Crippen LogP contribution is 2.27. The van der Waals surface area contributed by atoms with Crippen LogP contribution in [-0.4, -0.2) is 30.1 Å². The molecule has 0 spiro atoms. The first-order chi connectivity index (χ1) is 14.2. The maximum absolute atomic E-state index is 13.1. The summed E-state index contributed by atoms with van der Waals surface area (Å²) in [5.74, 6) is -0.355. The van der Waals surface area contributed by atoms with Gasteiger partial charge < -0.3 is 14.6 Å². The lowest BCUT2D eigenvalue weighted by Crippen LogP contribution is -2.20. The van der Waals surface area contributed by atoms with Crippen molar-refractivity contribution >= 4 is 11.8 Å². The van der Waals surface area contributed by atoms with Gasteiger partial charge >= 0.3 is 5.97 Å². The summed E-state index contributed by atoms with van der Waals surface area (Å²) in [6, 6.07) is 24.2. The number of ketones is 1. The summed E-state index contributed by atoms with van der Waals surface area (Å²) in [4.78, 5) is 25.8. The minimum absolute atomic E-state index is 0.0312. The van der Waals surface area contributed by atoms with E-state index in [1.165, 1.54) is 0 Å². The molecule has 0 aliphatic rings. The van der Waals surface area contributed by atoms with Crippen molar-refractivity contribution in [3.63, 3.8) is 0 Å². The first kappa shape index (κ1) is 20.3. The number of carbonyl (C=O) groups excluding carboxylic acids is 2. The summed E-state index contributed by atoms with van der Waals surface area (Å²) >= 11 is 0. The van der Waals surface area contributed by atoms with Gasteiger partial charge in [-0.3, -0.25) is 4.79 Å². The lowest BCUT2D eigenvalue weighted by Gasteiger charge is -2.18. The molecule has 5 heteroatoms. The third-order valence-electron chi connectivity index (χ3n) is 4.26. The zero-order valence-electron chi connectivity index (χ0n) is 15.9. The lowest BCUT2D eigenvalue weighted by atomic mass is 9.99. The van der Waals surface area contributed by atoms with Crippen molar-refractivity contribution in [2.24, 2.45) is 0 Å². The van der Waals surface area contributed by atoms with Crippen LogP contribution < -0.4 is 4.74 Å². The Morgan fingerprint density at radius 1 is 0.828 bits per heavy atom. The predicted octanol–water partition coefficient (Wildman–Crippen LogP) is 4.23. The Bertz CT molecular complexity index is 938. The maximum atomic E-state index is 13.1. The quantitative estimate of drug-likeness (QED) is 0.336. The average molecular weight is 390 g/mol. The van der Waals surface area contributed by atoms with Gasteiger partial charge in [-0.05, 0) is 24.3 Å². The summed E-state index contributed by atoms with van der Waals surface area (Å²) < 4.78 is 11.2. The highest BCUT2D eigenvalue weighted by Gasteiger charge is 2.27. The number of esters is 1. The molecule has 5 nitrogen and oxygen atoms in total. The van der Waals surface area contributed by atoms with Crippen molar-refractivity contribution < 1.29 is 24.2 Å². The molecule has 0 aliphatic carbocycles. The van der Waals surface area contributed by atoms with E-state index in [2.05, 4.69) is 0 Å². The van der Waals surface area contributed by atoms with E-state index in [0.717, 1.165) is 0 Å². The van der Waals surface area contributed by atoms with Crippen LogP contribution in [0.3, 0.4) is 0 Å². The molecular weight excluding hydrogens is 368 g/mol. The Morgan fingerprint density at radius 2 is 1.48 bits per heavy atom. The molecule has 0 bridgehead atoms. The van der Waals surface area contributed by atoms with Gasteiger partial charge in [0, 0.05) is 24.2 Å². The first-order valence-corrected chi connectivity index (χ1v) is 9.38. The number of rotatable bonds is 9. The van der Waals surface area contributed by atoms with Gasteiger partial charge in [0.15, 0.2) is 6.10 Å². The fourth-order valence-corrected chi connectivity index (χ4v) is 2.80. The van der Waals surface area contributed by atoms with Crippen LogP contribution in [0, 0.1) is 0 Å². The molecule has 0 aromatic heterocycles. The molecule has 0 aliphatic heterocycles. The van der Waals surface area contributed by atoms with Crippen molar-refractivity contribution in [1.82, 2.24) is 0 Å². The van der Waals surface area contributed by atoms with E-state index in [1.54, 1.807) is 78.9 Å². The molecule has 3 rings (SSSR count). The van der Waals surface area contributed by atoms with Gasteiger partial charge in [0.1, 0.15) is 5.75 Å². The smallest absolute Gasteiger partial charge is 0.339 e. The van der Waals surface area contributed by atoms with E-state index in [-0.39, 0.29) is 12.4 Å². The van der Waals surface area contributed by atoms with E-state index >= 15 is 0 Å². The summed E-state index contributed by atoms with van der Waals surface area (Å²) in [6.45, 7) is 0.380. The number of hydrogen-bond acceptors (Lipinski definition) is 5. The first-order valence-electron chi connectivity index (χ1n) is 9.38. The Morgan fingerprint density at radius 3 is 2.14 bits per heavy atom. The van der Waals surface area contributed by atoms with Crippen LogP contribution in [0.4, 0.5) is 0 Å². The highest BCUT2D eigenvalue weighted by atomic mass is 16.5. The number of aliphatic hydroxyl groups excluding tert-OH is 1. The van der Waals surface area contributed by atoms with Crippen LogP contribution >= 0.6 is 0 Å². The van der Waals surface area contributed by atoms with Gasteiger partial charge in [-0.2, -0.15) is 0 Å². The van der Waals surface area contributed by atoms with E-state index in [1.807, 2.05) is 6.07 Å². The van der Waals surface area contributed by atoms with E-state index < -0.39 is 12.1 Å². The van der Waals surface area contributed by atoms with Gasteiger partial charge in [-0.15, -0.1) is 0 Å². The van der Waals surface area contributed by atoms with Crippen molar-refractivity contribution in [2.75, 3.05) is 13.2 Å². The van der Waals surface area contributed by atoms with Crippen LogP contribution in [0.15, 0.2) is 84.9 Å². The molecule has 0 amide bonds. The second-order valence-electron chi connectivity index (χ2n) is 6.38. The third-order valence-corrected chi connectivity index (χ3v) is 4.26. The molecule has 29 heavy (non-hydrogen) atoms. The van der Waals surface area contributed by atoms with E-state index in [4.69, 9.17) is 14.6 Å². The molecule has 3 aromatic rings. The molecule has 1 unspecified atom stereocenters. The second-order valence-corrected chi connectivity index (χ2v) is 6.38. The molecule has 3 aromatic carbocycles. The van der Waals surface area contributed by atoms with Gasteiger partial charge in [0.05, 0.1) is 12.2 Å². The van der Waals surface area contributed by atoms with Gasteiger partial charge in [-0.25, -0.2) is 4.79 Å². The molecule has 0 heterocycles. The van der Waals surface area contributed by atoms with Crippen LogP contribution in [-0.2, 0) is 4.74 Å². The standard InChI is InChI=1S/C24H22O5/c25-15-8-16-28-21-14-7-13-20(17-21)23(22(26)18-9-3-1-4-10-18)29-24(27)19-11-5-2-6-12-19/h1-7,9-14,17,23,25H,8,15-16H2. The summed E-state index contributed by atoms with van der Waals surface area (Å²) in [6.07, 6.45) is -0.605. The molecule has 0 saturated carbocycles. The number of benzene rings is 3. The monoisotopic (exact) mass is 390 g/mol. The molecular formula is C24H22O5. The molecule has 0 radical (unpaired) electrons. The normalized spacial score (nSPS) is 11.5. The average Bonchev–Trinajstić information content (AvgIpc) is 2.78. The Kier molecular flexibility index (Phi) is 7.14. The highest BCUT2D eigenvalue weighted by molar-refractivity contribution is 6.02. The zero-order valence-corrected chi connectivity index (χ0v) is 15.9. The number of ether oxygens (including phenoxy) is 2. The van der Waals surface area contributed by atoms with Gasteiger partial charge in [-0.1, -0.05) is 60.7 Å². The van der Waals surface area contributed by atoms with Crippen molar-refractivity contribution in [3.8, 4) is 5.75 Å². The maximum Gasteiger partial charge on any atom is 0.339 e. The lowest BCUT2D eigenvalue weighted by molar-refractivity contribution is 0.0279. The number of hydrogen-bond donors (Lipinski definition) is 1. The molecule has 1 N–H and O–H groups in total. The number of carbonyl (C=O) groups is 2. The van der Waals surface area contributed by atoms with Gasteiger partial charge in [0.25, 0.3) is 0 Å². The Hall–Kier alpha value is -3.44. The summed E-state index contributed by atoms with van der Waals surface area (Å²) in [7, 11) is 0. The SMILES string of the molecule is O=C(OC(C(=O)c1ccccc1)c1cccc(OCCCO)c1)c1ccccc1. The zero-order chi connectivity index (χ0) is 20.5. The predicted molar refractivity (Wildman–Crippen MR) is 109 cm³/mol. The van der Waals surface area contributed by atoms with Crippen molar-refractivity contribution in [1.29, 1.82) is 0 Å². The Balaban J connectivity index is 1.89. The second kappa shape index (κ2) is 10.2. The van der Waals surface area contributed by atoms with Crippen LogP contribution in [0.1, 0.15) is 38.8 Å².